The van der Waals surface area contributed by atoms with E-state index < -0.39 is 30.4 Å². The molecule has 2 atom stereocenters. The number of methoxy groups -OCH3 is 1. The number of amides is 1. The fourth-order valence-corrected chi connectivity index (χ4v) is 3.22. The van der Waals surface area contributed by atoms with Crippen molar-refractivity contribution in [3.8, 4) is 11.5 Å². The summed E-state index contributed by atoms with van der Waals surface area (Å²) < 4.78 is 24.4. The summed E-state index contributed by atoms with van der Waals surface area (Å²) in [5.41, 5.74) is 1.03. The highest BCUT2D eigenvalue weighted by Crippen LogP contribution is 2.35. The summed E-state index contributed by atoms with van der Waals surface area (Å²) in [4.78, 5) is 29.5. The molecule has 174 valence electrons. The van der Waals surface area contributed by atoms with Gasteiger partial charge in [-0.05, 0) is 24.3 Å². The Balaban J connectivity index is 1.80. The lowest BCUT2D eigenvalue weighted by Crippen LogP contribution is -2.25. The molecular formula is C21H20ClFN4O6. The summed E-state index contributed by atoms with van der Waals surface area (Å²) in [6, 6.07) is 7.36. The van der Waals surface area contributed by atoms with Gasteiger partial charge >= 0.3 is 0 Å². The standard InChI is InChI=1S/C21H20ClFN4O6/c1-32-18-8-17-14(7-19(18)33-9-13(29)5-12(28)6-20(30)27-31)21(25-10-24-17)26-11-2-3-16(23)15(22)4-11/h2-4,7-8,10,12-13,28-29H,5-6,9H2,1H3,(H,24,25,26)/t12?,13-/m0/s1. The van der Waals surface area contributed by atoms with Crippen LogP contribution in [0.1, 0.15) is 12.8 Å². The average Bonchev–Trinajstić information content (AvgIpc) is 2.79. The van der Waals surface area contributed by atoms with E-state index in [1.807, 2.05) is 0 Å². The maximum absolute atomic E-state index is 13.4. The second-order valence-corrected chi connectivity index (χ2v) is 7.45. The van der Waals surface area contributed by atoms with Crippen LogP contribution in [0.5, 0.6) is 11.5 Å². The van der Waals surface area contributed by atoms with E-state index in [4.69, 9.17) is 21.1 Å². The molecule has 1 unspecified atom stereocenters. The van der Waals surface area contributed by atoms with Crippen molar-refractivity contribution in [2.75, 3.05) is 19.0 Å². The van der Waals surface area contributed by atoms with Crippen LogP contribution >= 0.6 is 11.6 Å². The number of aliphatic hydroxyl groups excluding tert-OH is 2. The minimum Gasteiger partial charge on any atom is -0.493 e. The Morgan fingerprint density at radius 1 is 1.21 bits per heavy atom. The zero-order valence-corrected chi connectivity index (χ0v) is 18.1. The van der Waals surface area contributed by atoms with Crippen molar-refractivity contribution in [1.29, 1.82) is 0 Å². The molecule has 0 spiro atoms. The molecule has 0 fully saturated rings. The van der Waals surface area contributed by atoms with Gasteiger partial charge in [0.15, 0.2) is 11.5 Å². The number of aromatic nitrogens is 2. The lowest BCUT2D eigenvalue weighted by molar-refractivity contribution is -0.120. The zero-order chi connectivity index (χ0) is 24.0. The van der Waals surface area contributed by atoms with Crippen molar-refractivity contribution in [2.45, 2.75) is 25.0 Å². The number of nitroso groups, excluding NO2 is 1. The SMILES string of the molecule is COc1cc2ncnc(Nc3ccc(F)c(Cl)c3)c2cc1OC[C@@H](O)CC(O)CC(=O)N=O. The predicted molar refractivity (Wildman–Crippen MR) is 118 cm³/mol. The molecule has 0 aliphatic carbocycles. The third kappa shape index (κ3) is 6.31. The molecule has 0 saturated carbocycles. The van der Waals surface area contributed by atoms with Crippen LogP contribution in [0.4, 0.5) is 15.9 Å². The highest BCUT2D eigenvalue weighted by atomic mass is 35.5. The molecule has 10 nitrogen and oxygen atoms in total. The Labute approximate surface area is 192 Å². The van der Waals surface area contributed by atoms with Crippen LogP contribution in [0.15, 0.2) is 41.8 Å². The van der Waals surface area contributed by atoms with E-state index in [1.54, 1.807) is 12.1 Å². The third-order valence-corrected chi connectivity index (χ3v) is 4.88. The number of aliphatic hydroxyl groups is 2. The summed E-state index contributed by atoms with van der Waals surface area (Å²) in [7, 11) is 1.44. The Morgan fingerprint density at radius 2 is 2.00 bits per heavy atom. The molecule has 1 aromatic heterocycles. The Morgan fingerprint density at radius 3 is 2.70 bits per heavy atom. The monoisotopic (exact) mass is 478 g/mol. The van der Waals surface area contributed by atoms with Crippen LogP contribution in [0.3, 0.4) is 0 Å². The number of nitrogens with zero attached hydrogens (tertiary/aromatic N) is 3. The van der Waals surface area contributed by atoms with Crippen LogP contribution in [0.25, 0.3) is 10.9 Å². The Hall–Kier alpha value is -3.41. The Kier molecular flexibility index (Phi) is 8.04. The summed E-state index contributed by atoms with van der Waals surface area (Å²) in [6.07, 6.45) is -1.71. The number of ether oxygens (including phenoxy) is 2. The second kappa shape index (κ2) is 10.9. The van der Waals surface area contributed by atoms with Crippen LogP contribution < -0.4 is 14.8 Å². The normalized spacial score (nSPS) is 12.8. The van der Waals surface area contributed by atoms with Gasteiger partial charge in [0.05, 0.1) is 36.3 Å². The number of anilines is 2. The van der Waals surface area contributed by atoms with Crippen molar-refractivity contribution in [3.63, 3.8) is 0 Å². The number of carbonyl (C=O) groups excluding carboxylic acids is 1. The van der Waals surface area contributed by atoms with E-state index in [0.29, 0.717) is 28.2 Å². The van der Waals surface area contributed by atoms with Crippen LogP contribution in [-0.2, 0) is 4.79 Å². The fourth-order valence-electron chi connectivity index (χ4n) is 3.04. The van der Waals surface area contributed by atoms with E-state index in [0.717, 1.165) is 0 Å². The molecule has 1 heterocycles. The van der Waals surface area contributed by atoms with Crippen molar-refractivity contribution >= 4 is 39.9 Å². The summed E-state index contributed by atoms with van der Waals surface area (Å²) >= 11 is 5.84. The van der Waals surface area contributed by atoms with Gasteiger partial charge in [-0.2, -0.15) is 0 Å². The molecule has 2 aromatic carbocycles. The molecule has 0 aliphatic heterocycles. The van der Waals surface area contributed by atoms with Crippen LogP contribution in [0.2, 0.25) is 5.02 Å². The first-order chi connectivity index (χ1) is 15.8. The largest absolute Gasteiger partial charge is 0.493 e. The first-order valence-corrected chi connectivity index (χ1v) is 10.1. The Bertz CT molecular complexity index is 1170. The number of hydrogen-bond donors (Lipinski definition) is 3. The average molecular weight is 479 g/mol. The molecule has 0 aliphatic rings. The van der Waals surface area contributed by atoms with Gasteiger partial charge in [0.1, 0.15) is 24.6 Å². The predicted octanol–water partition coefficient (Wildman–Crippen LogP) is 3.35. The molecule has 0 bridgehead atoms. The molecule has 0 radical (unpaired) electrons. The number of carbonyl (C=O) groups is 1. The van der Waals surface area contributed by atoms with Gasteiger partial charge in [0.25, 0.3) is 5.91 Å². The molecule has 3 N–H and O–H groups in total. The number of rotatable bonds is 10. The fraction of sp³-hybridized carbons (Fsp3) is 0.286. The quantitative estimate of drug-likeness (QED) is 0.373. The second-order valence-electron chi connectivity index (χ2n) is 7.04. The highest BCUT2D eigenvalue weighted by Gasteiger charge is 2.18. The van der Waals surface area contributed by atoms with Gasteiger partial charge in [-0.3, -0.25) is 4.79 Å². The van der Waals surface area contributed by atoms with E-state index in [1.165, 1.54) is 31.6 Å². The summed E-state index contributed by atoms with van der Waals surface area (Å²) in [5.74, 6) is -0.560. The van der Waals surface area contributed by atoms with Gasteiger partial charge < -0.3 is 25.0 Å². The number of nitrogens with one attached hydrogen (secondary N) is 1. The number of hydrogen-bond acceptors (Lipinski definition) is 9. The molecule has 12 heteroatoms. The lowest BCUT2D eigenvalue weighted by atomic mass is 10.1. The summed E-state index contributed by atoms with van der Waals surface area (Å²) in [5, 5.41) is 25.6. The van der Waals surface area contributed by atoms with Crippen LogP contribution in [-0.4, -0.2) is 52.0 Å². The van der Waals surface area contributed by atoms with Crippen molar-refractivity contribution in [2.24, 2.45) is 5.18 Å². The van der Waals surface area contributed by atoms with Crippen LogP contribution in [0, 0.1) is 10.7 Å². The van der Waals surface area contributed by atoms with Crippen molar-refractivity contribution < 1.29 is 28.9 Å². The number of benzene rings is 2. The molecule has 33 heavy (non-hydrogen) atoms. The minimum atomic E-state index is -1.24. The first kappa shape index (κ1) is 24.2. The maximum atomic E-state index is 13.4. The van der Waals surface area contributed by atoms with E-state index >= 15 is 0 Å². The van der Waals surface area contributed by atoms with Gasteiger partial charge in [0.2, 0.25) is 0 Å². The van der Waals surface area contributed by atoms with Gasteiger partial charge in [-0.1, -0.05) is 11.6 Å². The summed E-state index contributed by atoms with van der Waals surface area (Å²) in [6.45, 7) is -0.230. The molecule has 1 amide bonds. The van der Waals surface area contributed by atoms with Gasteiger partial charge in [-0.25, -0.2) is 14.4 Å². The zero-order valence-electron chi connectivity index (χ0n) is 17.4. The third-order valence-electron chi connectivity index (χ3n) is 4.59. The number of fused-ring (bicyclic) bond motifs is 1. The maximum Gasteiger partial charge on any atom is 0.288 e. The minimum absolute atomic E-state index is 0.0501. The van der Waals surface area contributed by atoms with Crippen molar-refractivity contribution in [1.82, 2.24) is 9.97 Å². The van der Waals surface area contributed by atoms with Gasteiger partial charge in [-0.15, -0.1) is 4.91 Å². The molecule has 0 saturated heterocycles. The van der Waals surface area contributed by atoms with Crippen molar-refractivity contribution in [3.05, 3.63) is 52.4 Å². The topological polar surface area (TPSA) is 143 Å². The van der Waals surface area contributed by atoms with E-state index in [9.17, 15) is 24.3 Å². The lowest BCUT2D eigenvalue weighted by Gasteiger charge is -2.17. The number of halogens is 2. The highest BCUT2D eigenvalue weighted by molar-refractivity contribution is 6.31. The molecular weight excluding hydrogens is 459 g/mol. The molecule has 3 aromatic rings. The van der Waals surface area contributed by atoms with E-state index in [2.05, 4.69) is 20.5 Å². The first-order valence-electron chi connectivity index (χ1n) is 9.70. The molecule has 3 rings (SSSR count). The van der Waals surface area contributed by atoms with E-state index in [-0.39, 0.29) is 23.8 Å². The smallest absolute Gasteiger partial charge is 0.288 e. The van der Waals surface area contributed by atoms with Gasteiger partial charge in [0, 0.05) is 28.7 Å².